The minimum absolute atomic E-state index is 0.401. The molecule has 0 spiro atoms. The highest BCUT2D eigenvalue weighted by Gasteiger charge is 2.22. The van der Waals surface area contributed by atoms with Crippen LogP contribution >= 0.6 is 0 Å². The van der Waals surface area contributed by atoms with Gasteiger partial charge in [-0.3, -0.25) is 0 Å². The van der Waals surface area contributed by atoms with Crippen molar-refractivity contribution in [2.24, 2.45) is 0 Å². The Kier molecular flexibility index (Phi) is 2.56. The summed E-state index contributed by atoms with van der Waals surface area (Å²) in [6.45, 7) is 2.03. The van der Waals surface area contributed by atoms with Crippen molar-refractivity contribution in [1.29, 1.82) is 5.41 Å². The van der Waals surface area contributed by atoms with Gasteiger partial charge in [-0.15, -0.1) is 0 Å². The molecule has 0 atom stereocenters. The van der Waals surface area contributed by atoms with Crippen LogP contribution in [0.25, 0.3) is 22.1 Å². The van der Waals surface area contributed by atoms with Gasteiger partial charge < -0.3 is 20.3 Å². The first-order valence-electron chi connectivity index (χ1n) is 6.93. The van der Waals surface area contributed by atoms with E-state index in [0.29, 0.717) is 6.04 Å². The van der Waals surface area contributed by atoms with Crippen molar-refractivity contribution in [3.05, 3.63) is 24.3 Å². The first-order chi connectivity index (χ1) is 9.88. The molecule has 1 aliphatic rings. The van der Waals surface area contributed by atoms with Gasteiger partial charge in [0.25, 0.3) is 0 Å². The molecular weight excluding hydrogens is 252 g/mol. The maximum Gasteiger partial charge on any atom is 0.151 e. The molecule has 1 aliphatic heterocycles. The molecule has 102 valence electrons. The van der Waals surface area contributed by atoms with E-state index in [9.17, 15) is 0 Å². The molecule has 20 heavy (non-hydrogen) atoms. The highest BCUT2D eigenvalue weighted by molar-refractivity contribution is 6.02. The number of fused-ring (bicyclic) bond motifs is 3. The standard InChI is InChI=1S/C14H16N6/c15-7-12-19-11-8-18-14-10(3-6-17-14)13(11)20(12)9-1-4-16-5-2-9/h3,6-9,15-16H,1-2,4-5H2,(H,17,18). The number of H-pyrrole nitrogens is 1. The lowest BCUT2D eigenvalue weighted by Gasteiger charge is -2.25. The molecule has 0 radical (unpaired) electrons. The summed E-state index contributed by atoms with van der Waals surface area (Å²) in [6, 6.07) is 2.44. The summed E-state index contributed by atoms with van der Waals surface area (Å²) in [5.41, 5.74) is 2.85. The lowest BCUT2D eigenvalue weighted by Crippen LogP contribution is -2.30. The summed E-state index contributed by atoms with van der Waals surface area (Å²) < 4.78 is 2.22. The molecule has 3 N–H and O–H groups in total. The van der Waals surface area contributed by atoms with Crippen LogP contribution in [0, 0.1) is 5.41 Å². The molecule has 3 aromatic rings. The lowest BCUT2D eigenvalue weighted by molar-refractivity contribution is 0.374. The first-order valence-corrected chi connectivity index (χ1v) is 6.93. The molecule has 0 amide bonds. The summed E-state index contributed by atoms with van der Waals surface area (Å²) in [7, 11) is 0. The maximum absolute atomic E-state index is 7.65. The van der Waals surface area contributed by atoms with Crippen molar-refractivity contribution in [3.63, 3.8) is 0 Å². The molecular formula is C14H16N6. The van der Waals surface area contributed by atoms with Gasteiger partial charge in [-0.05, 0) is 32.0 Å². The molecule has 0 unspecified atom stereocenters. The summed E-state index contributed by atoms with van der Waals surface area (Å²) in [5.74, 6) is 0.724. The van der Waals surface area contributed by atoms with Crippen LogP contribution in [-0.4, -0.2) is 38.8 Å². The molecule has 3 aromatic heterocycles. The van der Waals surface area contributed by atoms with E-state index in [1.807, 2.05) is 12.3 Å². The van der Waals surface area contributed by atoms with Crippen LogP contribution in [0.1, 0.15) is 24.7 Å². The summed E-state index contributed by atoms with van der Waals surface area (Å²) in [5, 5.41) is 12.1. The van der Waals surface area contributed by atoms with Gasteiger partial charge in [-0.1, -0.05) is 0 Å². The topological polar surface area (TPSA) is 82.4 Å². The Hall–Kier alpha value is -2.21. The van der Waals surface area contributed by atoms with Crippen molar-refractivity contribution in [2.45, 2.75) is 18.9 Å². The zero-order valence-corrected chi connectivity index (χ0v) is 11.1. The van der Waals surface area contributed by atoms with Crippen LogP contribution in [0.3, 0.4) is 0 Å². The monoisotopic (exact) mass is 268 g/mol. The summed E-state index contributed by atoms with van der Waals surface area (Å²) in [6.07, 6.45) is 7.18. The van der Waals surface area contributed by atoms with E-state index in [4.69, 9.17) is 5.41 Å². The Morgan fingerprint density at radius 1 is 1.35 bits per heavy atom. The average Bonchev–Trinajstić information content (AvgIpc) is 3.11. The van der Waals surface area contributed by atoms with E-state index in [0.717, 1.165) is 53.8 Å². The molecule has 0 saturated carbocycles. The van der Waals surface area contributed by atoms with E-state index in [2.05, 4.69) is 24.8 Å². The van der Waals surface area contributed by atoms with E-state index in [1.54, 1.807) is 6.20 Å². The molecule has 4 heterocycles. The first kappa shape index (κ1) is 11.6. The number of piperidine rings is 1. The molecule has 6 nitrogen and oxygen atoms in total. The predicted molar refractivity (Wildman–Crippen MR) is 78.4 cm³/mol. The third-order valence-corrected chi connectivity index (χ3v) is 4.06. The lowest BCUT2D eigenvalue weighted by atomic mass is 10.1. The third-order valence-electron chi connectivity index (χ3n) is 4.06. The van der Waals surface area contributed by atoms with Crippen molar-refractivity contribution < 1.29 is 0 Å². The van der Waals surface area contributed by atoms with Gasteiger partial charge in [0.05, 0.1) is 17.9 Å². The van der Waals surface area contributed by atoms with Crippen molar-refractivity contribution in [2.75, 3.05) is 13.1 Å². The van der Waals surface area contributed by atoms with Crippen LogP contribution in [0.5, 0.6) is 0 Å². The fourth-order valence-electron chi connectivity index (χ4n) is 3.15. The number of pyridine rings is 1. The second kappa shape index (κ2) is 4.42. The second-order valence-corrected chi connectivity index (χ2v) is 5.20. The van der Waals surface area contributed by atoms with E-state index >= 15 is 0 Å². The number of imidazole rings is 1. The van der Waals surface area contributed by atoms with Crippen LogP contribution in [0.2, 0.25) is 0 Å². The van der Waals surface area contributed by atoms with Gasteiger partial charge in [0.2, 0.25) is 0 Å². The zero-order chi connectivity index (χ0) is 13.5. The molecule has 1 saturated heterocycles. The van der Waals surface area contributed by atoms with Crippen LogP contribution < -0.4 is 5.32 Å². The highest BCUT2D eigenvalue weighted by atomic mass is 15.1. The van der Waals surface area contributed by atoms with Gasteiger partial charge in [0.15, 0.2) is 5.82 Å². The molecule has 6 heteroatoms. The zero-order valence-electron chi connectivity index (χ0n) is 11.1. The number of hydrogen-bond acceptors (Lipinski definition) is 4. The van der Waals surface area contributed by atoms with Gasteiger partial charge >= 0.3 is 0 Å². The van der Waals surface area contributed by atoms with E-state index in [1.165, 1.54) is 6.21 Å². The third kappa shape index (κ3) is 1.58. The van der Waals surface area contributed by atoms with Crippen LogP contribution in [0.4, 0.5) is 0 Å². The number of hydrogen-bond donors (Lipinski definition) is 3. The van der Waals surface area contributed by atoms with Gasteiger partial charge in [-0.2, -0.15) is 0 Å². The number of aromatic amines is 1. The van der Waals surface area contributed by atoms with Crippen LogP contribution in [-0.2, 0) is 0 Å². The van der Waals surface area contributed by atoms with E-state index < -0.39 is 0 Å². The average molecular weight is 268 g/mol. The normalized spacial score (nSPS) is 17.0. The Bertz CT molecular complexity index is 778. The quantitative estimate of drug-likeness (QED) is 0.620. The van der Waals surface area contributed by atoms with Gasteiger partial charge in [0, 0.05) is 17.6 Å². The molecule has 0 bridgehead atoms. The number of aromatic nitrogens is 4. The Labute approximate surface area is 115 Å². The highest BCUT2D eigenvalue weighted by Crippen LogP contribution is 2.30. The predicted octanol–water partition coefficient (Wildman–Crippen LogP) is 1.83. The summed E-state index contributed by atoms with van der Waals surface area (Å²) >= 11 is 0. The maximum atomic E-state index is 7.65. The minimum atomic E-state index is 0.401. The fraction of sp³-hybridized carbons (Fsp3) is 0.357. The summed E-state index contributed by atoms with van der Waals surface area (Å²) in [4.78, 5) is 12.1. The Balaban J connectivity index is 2.04. The van der Waals surface area contributed by atoms with Crippen LogP contribution in [0.15, 0.2) is 18.5 Å². The van der Waals surface area contributed by atoms with Gasteiger partial charge in [-0.25, -0.2) is 9.97 Å². The number of nitrogens with zero attached hydrogens (tertiary/aromatic N) is 3. The Morgan fingerprint density at radius 2 is 2.20 bits per heavy atom. The van der Waals surface area contributed by atoms with Crippen molar-refractivity contribution in [3.8, 4) is 0 Å². The SMILES string of the molecule is N=Cc1nc2cnc3[nH]ccc3c2n1C1CCNCC1. The smallest absolute Gasteiger partial charge is 0.151 e. The molecule has 4 rings (SSSR count). The molecule has 0 aromatic carbocycles. The minimum Gasteiger partial charge on any atom is -0.346 e. The van der Waals surface area contributed by atoms with Gasteiger partial charge in [0.1, 0.15) is 11.2 Å². The van der Waals surface area contributed by atoms with Crippen molar-refractivity contribution >= 4 is 28.3 Å². The Morgan fingerprint density at radius 3 is 3.00 bits per heavy atom. The fourth-order valence-corrected chi connectivity index (χ4v) is 3.15. The van der Waals surface area contributed by atoms with E-state index in [-0.39, 0.29) is 0 Å². The van der Waals surface area contributed by atoms with Crippen molar-refractivity contribution in [1.82, 2.24) is 24.8 Å². The molecule has 0 aliphatic carbocycles. The largest absolute Gasteiger partial charge is 0.346 e. The number of nitrogens with one attached hydrogen (secondary N) is 3. The number of rotatable bonds is 2. The molecule has 1 fully saturated rings. The second-order valence-electron chi connectivity index (χ2n) is 5.20.